The lowest BCUT2D eigenvalue weighted by Crippen LogP contribution is -2.26. The van der Waals surface area contributed by atoms with Gasteiger partial charge in [0.05, 0.1) is 11.9 Å². The standard InChI is InChI=1S/C19H24N2O3S2/c1-14-4-6-16(7-5-14)13-25-11-10-20-19(22)17-8-9-18(15(2)12-17)21-26(3,23)24/h4-9,12,21H,10-11,13H2,1-3H3,(H,20,22). The van der Waals surface area contributed by atoms with Gasteiger partial charge in [-0.05, 0) is 43.2 Å². The van der Waals surface area contributed by atoms with Gasteiger partial charge >= 0.3 is 0 Å². The molecular weight excluding hydrogens is 368 g/mol. The predicted octanol–water partition coefficient (Wildman–Crippen LogP) is 3.34. The minimum absolute atomic E-state index is 0.157. The van der Waals surface area contributed by atoms with Crippen molar-refractivity contribution in [3.05, 3.63) is 64.7 Å². The second-order valence-corrected chi connectivity index (χ2v) is 9.05. The van der Waals surface area contributed by atoms with E-state index in [2.05, 4.69) is 41.2 Å². The van der Waals surface area contributed by atoms with Gasteiger partial charge in [-0.3, -0.25) is 9.52 Å². The topological polar surface area (TPSA) is 75.3 Å². The van der Waals surface area contributed by atoms with Crippen LogP contribution in [0, 0.1) is 13.8 Å². The Kier molecular flexibility index (Phi) is 7.11. The van der Waals surface area contributed by atoms with Gasteiger partial charge < -0.3 is 5.32 Å². The van der Waals surface area contributed by atoms with Gasteiger partial charge in [0.15, 0.2) is 0 Å². The SMILES string of the molecule is Cc1ccc(CSCCNC(=O)c2ccc(NS(C)(=O)=O)c(C)c2)cc1. The van der Waals surface area contributed by atoms with Gasteiger partial charge in [0.25, 0.3) is 5.91 Å². The average Bonchev–Trinajstić information content (AvgIpc) is 2.56. The third kappa shape index (κ3) is 6.72. The fourth-order valence-electron chi connectivity index (χ4n) is 2.33. The number of benzene rings is 2. The molecule has 0 aliphatic rings. The van der Waals surface area contributed by atoms with Crippen LogP contribution in [-0.4, -0.2) is 32.9 Å². The summed E-state index contributed by atoms with van der Waals surface area (Å²) in [6.45, 7) is 4.41. The van der Waals surface area contributed by atoms with Gasteiger partial charge in [0.2, 0.25) is 10.0 Å². The maximum absolute atomic E-state index is 12.2. The number of hydrogen-bond donors (Lipinski definition) is 2. The van der Waals surface area contributed by atoms with E-state index in [0.717, 1.165) is 17.8 Å². The molecule has 0 saturated carbocycles. The van der Waals surface area contributed by atoms with E-state index < -0.39 is 10.0 Å². The van der Waals surface area contributed by atoms with Crippen LogP contribution in [0.15, 0.2) is 42.5 Å². The summed E-state index contributed by atoms with van der Waals surface area (Å²) in [7, 11) is -3.33. The van der Waals surface area contributed by atoms with Crippen LogP contribution >= 0.6 is 11.8 Å². The minimum Gasteiger partial charge on any atom is -0.351 e. The zero-order valence-corrected chi connectivity index (χ0v) is 16.8. The van der Waals surface area contributed by atoms with Crippen LogP contribution in [0.1, 0.15) is 27.0 Å². The first-order valence-electron chi connectivity index (χ1n) is 8.24. The van der Waals surface area contributed by atoms with E-state index in [1.165, 1.54) is 11.1 Å². The Bertz CT molecular complexity index is 863. The van der Waals surface area contributed by atoms with Gasteiger partial charge in [0, 0.05) is 23.6 Å². The first kappa shape index (κ1) is 20.3. The van der Waals surface area contributed by atoms with E-state index in [-0.39, 0.29) is 5.91 Å². The van der Waals surface area contributed by atoms with Gasteiger partial charge in [-0.1, -0.05) is 29.8 Å². The lowest BCUT2D eigenvalue weighted by atomic mass is 10.1. The molecule has 0 fully saturated rings. The molecule has 2 N–H and O–H groups in total. The molecule has 0 unspecified atom stereocenters. The lowest BCUT2D eigenvalue weighted by molar-refractivity contribution is 0.0956. The molecule has 0 bridgehead atoms. The highest BCUT2D eigenvalue weighted by Crippen LogP contribution is 2.18. The Hall–Kier alpha value is -1.99. The molecule has 2 aromatic rings. The molecule has 0 atom stereocenters. The molecule has 1 amide bonds. The summed E-state index contributed by atoms with van der Waals surface area (Å²) in [5, 5.41) is 2.89. The molecule has 0 radical (unpaired) electrons. The van der Waals surface area contributed by atoms with Crippen molar-refractivity contribution in [3.63, 3.8) is 0 Å². The molecule has 26 heavy (non-hydrogen) atoms. The highest BCUT2D eigenvalue weighted by molar-refractivity contribution is 7.98. The molecule has 0 aliphatic carbocycles. The molecule has 5 nitrogen and oxygen atoms in total. The first-order chi connectivity index (χ1) is 12.2. The molecule has 7 heteroatoms. The smallest absolute Gasteiger partial charge is 0.251 e. The van der Waals surface area contributed by atoms with Crippen molar-refractivity contribution >= 4 is 33.4 Å². The van der Waals surface area contributed by atoms with Gasteiger partial charge in [-0.25, -0.2) is 8.42 Å². The van der Waals surface area contributed by atoms with E-state index in [0.29, 0.717) is 23.4 Å². The van der Waals surface area contributed by atoms with Crippen molar-refractivity contribution in [1.82, 2.24) is 5.32 Å². The van der Waals surface area contributed by atoms with E-state index in [4.69, 9.17) is 0 Å². The van der Waals surface area contributed by atoms with Crippen molar-refractivity contribution in [1.29, 1.82) is 0 Å². The lowest BCUT2D eigenvalue weighted by Gasteiger charge is -2.10. The summed E-state index contributed by atoms with van der Waals surface area (Å²) in [6.07, 6.45) is 1.10. The first-order valence-corrected chi connectivity index (χ1v) is 11.3. The largest absolute Gasteiger partial charge is 0.351 e. The summed E-state index contributed by atoms with van der Waals surface area (Å²) in [5.74, 6) is 1.59. The summed E-state index contributed by atoms with van der Waals surface area (Å²) in [5.41, 5.74) is 4.23. The van der Waals surface area contributed by atoms with Crippen molar-refractivity contribution in [2.75, 3.05) is 23.3 Å². The number of aryl methyl sites for hydroxylation is 2. The summed E-state index contributed by atoms with van der Waals surface area (Å²) < 4.78 is 25.0. The third-order valence-corrected chi connectivity index (χ3v) is 5.33. The zero-order valence-electron chi connectivity index (χ0n) is 15.2. The molecule has 0 aromatic heterocycles. The molecule has 0 aliphatic heterocycles. The number of amides is 1. The molecule has 0 saturated heterocycles. The number of rotatable bonds is 8. The Morgan fingerprint density at radius 3 is 2.38 bits per heavy atom. The van der Waals surface area contributed by atoms with Crippen LogP contribution < -0.4 is 10.0 Å². The van der Waals surface area contributed by atoms with Gasteiger partial charge in [-0.2, -0.15) is 11.8 Å². The fraction of sp³-hybridized carbons (Fsp3) is 0.316. The monoisotopic (exact) mass is 392 g/mol. The number of nitrogens with one attached hydrogen (secondary N) is 2. The quantitative estimate of drug-likeness (QED) is 0.676. The van der Waals surface area contributed by atoms with Gasteiger partial charge in [-0.15, -0.1) is 0 Å². The molecular formula is C19H24N2O3S2. The van der Waals surface area contributed by atoms with Crippen LogP contribution in [0.4, 0.5) is 5.69 Å². The van der Waals surface area contributed by atoms with Gasteiger partial charge in [0.1, 0.15) is 0 Å². The number of carbonyl (C=O) groups is 1. The summed E-state index contributed by atoms with van der Waals surface area (Å²) in [4.78, 5) is 12.2. The Balaban J connectivity index is 1.78. The van der Waals surface area contributed by atoms with Crippen LogP contribution in [0.2, 0.25) is 0 Å². The molecule has 2 rings (SSSR count). The van der Waals surface area contributed by atoms with Crippen LogP contribution in [0.3, 0.4) is 0 Å². The predicted molar refractivity (Wildman–Crippen MR) is 109 cm³/mol. The fourth-order valence-corrected chi connectivity index (χ4v) is 3.78. The van der Waals surface area contributed by atoms with Crippen LogP contribution in [-0.2, 0) is 15.8 Å². The molecule has 140 valence electrons. The Morgan fingerprint density at radius 1 is 1.08 bits per heavy atom. The zero-order chi connectivity index (χ0) is 19.2. The van der Waals surface area contributed by atoms with Crippen molar-refractivity contribution in [2.45, 2.75) is 19.6 Å². The van der Waals surface area contributed by atoms with Crippen molar-refractivity contribution in [3.8, 4) is 0 Å². The van der Waals surface area contributed by atoms with E-state index in [1.54, 1.807) is 36.9 Å². The number of sulfonamides is 1. The highest BCUT2D eigenvalue weighted by atomic mass is 32.2. The molecule has 0 heterocycles. The Labute approximate surface area is 159 Å². The Morgan fingerprint density at radius 2 is 1.77 bits per heavy atom. The number of carbonyl (C=O) groups excluding carboxylic acids is 1. The van der Waals surface area contributed by atoms with E-state index >= 15 is 0 Å². The van der Waals surface area contributed by atoms with E-state index in [9.17, 15) is 13.2 Å². The van der Waals surface area contributed by atoms with Crippen LogP contribution in [0.5, 0.6) is 0 Å². The van der Waals surface area contributed by atoms with Crippen LogP contribution in [0.25, 0.3) is 0 Å². The molecule has 2 aromatic carbocycles. The third-order valence-electron chi connectivity index (χ3n) is 3.71. The maximum atomic E-state index is 12.2. The summed E-state index contributed by atoms with van der Waals surface area (Å²) in [6, 6.07) is 13.4. The van der Waals surface area contributed by atoms with Crippen molar-refractivity contribution < 1.29 is 13.2 Å². The average molecular weight is 393 g/mol. The summed E-state index contributed by atoms with van der Waals surface area (Å²) >= 11 is 1.77. The van der Waals surface area contributed by atoms with Crippen molar-refractivity contribution in [2.24, 2.45) is 0 Å². The number of thioether (sulfide) groups is 1. The minimum atomic E-state index is -3.33. The normalized spacial score (nSPS) is 11.2. The highest BCUT2D eigenvalue weighted by Gasteiger charge is 2.09. The number of anilines is 1. The number of hydrogen-bond acceptors (Lipinski definition) is 4. The van der Waals surface area contributed by atoms with E-state index in [1.807, 2.05) is 0 Å². The molecule has 0 spiro atoms. The maximum Gasteiger partial charge on any atom is 0.251 e. The second-order valence-electron chi connectivity index (χ2n) is 6.20. The second kappa shape index (κ2) is 9.09.